The molecule has 7 heteroatoms. The number of carboxylic acids is 1. The molecule has 0 aliphatic rings. The molecule has 0 aliphatic carbocycles. The maximum absolute atomic E-state index is 12.6. The van der Waals surface area contributed by atoms with Crippen LogP contribution in [0.1, 0.15) is 33.3 Å². The van der Waals surface area contributed by atoms with Gasteiger partial charge in [-0.1, -0.05) is 19.1 Å². The Morgan fingerprint density at radius 3 is 2.76 bits per heavy atom. The van der Waals surface area contributed by atoms with E-state index in [1.165, 1.54) is 19.2 Å². The van der Waals surface area contributed by atoms with Gasteiger partial charge in [-0.2, -0.15) is 5.10 Å². The van der Waals surface area contributed by atoms with Crippen LogP contribution in [-0.4, -0.2) is 34.3 Å². The van der Waals surface area contributed by atoms with Gasteiger partial charge in [0.05, 0.1) is 12.6 Å². The van der Waals surface area contributed by atoms with Crippen LogP contribution in [0.4, 0.5) is 5.69 Å². The highest BCUT2D eigenvalue weighted by molar-refractivity contribution is 6.12. The molecule has 1 heterocycles. The minimum atomic E-state index is -1.13. The fourth-order valence-corrected chi connectivity index (χ4v) is 2.75. The van der Waals surface area contributed by atoms with Crippen molar-refractivity contribution in [3.8, 4) is 5.75 Å². The van der Waals surface area contributed by atoms with E-state index in [1.54, 1.807) is 6.07 Å². The first kappa shape index (κ1) is 16.5. The normalized spacial score (nSPS) is 10.6. The number of carbonyl (C=O) groups is 2. The maximum Gasteiger partial charge on any atom is 0.339 e. The molecule has 3 rings (SSSR count). The number of aromatic amines is 1. The average molecular weight is 339 g/mol. The topological polar surface area (TPSA) is 104 Å². The highest BCUT2D eigenvalue weighted by atomic mass is 16.5. The molecule has 2 aromatic carbocycles. The number of H-pyrrole nitrogens is 1. The smallest absolute Gasteiger partial charge is 0.339 e. The summed E-state index contributed by atoms with van der Waals surface area (Å²) in [6.45, 7) is 2.01. The number of carboxylic acid groups (broad SMARTS) is 1. The fourth-order valence-electron chi connectivity index (χ4n) is 2.75. The number of hydrogen-bond donors (Lipinski definition) is 3. The lowest BCUT2D eigenvalue weighted by atomic mass is 10.1. The third-order valence-electron chi connectivity index (χ3n) is 3.96. The highest BCUT2D eigenvalue weighted by Crippen LogP contribution is 2.25. The molecule has 0 radical (unpaired) electrons. The summed E-state index contributed by atoms with van der Waals surface area (Å²) in [5.74, 6) is -1.32. The van der Waals surface area contributed by atoms with Gasteiger partial charge < -0.3 is 15.2 Å². The second-order valence-electron chi connectivity index (χ2n) is 5.44. The summed E-state index contributed by atoms with van der Waals surface area (Å²) >= 11 is 0. The average Bonchev–Trinajstić information content (AvgIpc) is 3.05. The standard InChI is InChI=1S/C18H17N3O4/c1-3-10-5-4-6-13-15(10)16(21-20-13)17(22)19-11-7-8-14(25-2)12(9-11)18(23)24/h4-9H,3H2,1-2H3,(H,19,22)(H,20,21)(H,23,24). The molecule has 1 aromatic heterocycles. The Morgan fingerprint density at radius 1 is 1.28 bits per heavy atom. The van der Waals surface area contributed by atoms with Gasteiger partial charge in [-0.15, -0.1) is 0 Å². The number of ether oxygens (including phenoxy) is 1. The van der Waals surface area contributed by atoms with Crippen LogP contribution in [0, 0.1) is 0 Å². The quantitative estimate of drug-likeness (QED) is 0.662. The lowest BCUT2D eigenvalue weighted by Gasteiger charge is -2.09. The SMILES string of the molecule is CCc1cccc2[nH]nc(C(=O)Nc3ccc(OC)c(C(=O)O)c3)c12. The number of aromatic nitrogens is 2. The third-order valence-corrected chi connectivity index (χ3v) is 3.96. The zero-order chi connectivity index (χ0) is 18.0. The van der Waals surface area contributed by atoms with E-state index in [0.717, 1.165) is 22.9 Å². The number of methoxy groups -OCH3 is 1. The minimum absolute atomic E-state index is 0.0265. The molecule has 1 amide bonds. The summed E-state index contributed by atoms with van der Waals surface area (Å²) < 4.78 is 5.02. The molecule has 25 heavy (non-hydrogen) atoms. The Morgan fingerprint density at radius 2 is 2.08 bits per heavy atom. The zero-order valence-electron chi connectivity index (χ0n) is 13.8. The van der Waals surface area contributed by atoms with E-state index in [1.807, 2.05) is 25.1 Å². The van der Waals surface area contributed by atoms with E-state index in [2.05, 4.69) is 15.5 Å². The van der Waals surface area contributed by atoms with Gasteiger partial charge in [0.2, 0.25) is 0 Å². The number of benzene rings is 2. The summed E-state index contributed by atoms with van der Waals surface area (Å²) in [7, 11) is 1.39. The second kappa shape index (κ2) is 6.64. The van der Waals surface area contributed by atoms with Crippen LogP contribution in [-0.2, 0) is 6.42 Å². The lowest BCUT2D eigenvalue weighted by molar-refractivity contribution is 0.0693. The van der Waals surface area contributed by atoms with E-state index >= 15 is 0 Å². The predicted molar refractivity (Wildman–Crippen MR) is 93.4 cm³/mol. The monoisotopic (exact) mass is 339 g/mol. The van der Waals surface area contributed by atoms with Gasteiger partial charge >= 0.3 is 5.97 Å². The molecule has 0 saturated carbocycles. The Balaban J connectivity index is 1.96. The molecule has 7 nitrogen and oxygen atoms in total. The second-order valence-corrected chi connectivity index (χ2v) is 5.44. The van der Waals surface area contributed by atoms with Crippen LogP contribution in [0.25, 0.3) is 10.9 Å². The fraction of sp³-hybridized carbons (Fsp3) is 0.167. The van der Waals surface area contributed by atoms with Gasteiger partial charge in [0.1, 0.15) is 11.3 Å². The number of nitrogens with zero attached hydrogens (tertiary/aromatic N) is 1. The van der Waals surface area contributed by atoms with Crippen molar-refractivity contribution in [1.29, 1.82) is 0 Å². The van der Waals surface area contributed by atoms with Crippen molar-refractivity contribution in [2.45, 2.75) is 13.3 Å². The summed E-state index contributed by atoms with van der Waals surface area (Å²) in [4.78, 5) is 23.9. The number of carbonyl (C=O) groups excluding carboxylic acids is 1. The first-order valence-corrected chi connectivity index (χ1v) is 7.73. The van der Waals surface area contributed by atoms with Crippen molar-refractivity contribution in [2.24, 2.45) is 0 Å². The molecule has 128 valence electrons. The first-order chi connectivity index (χ1) is 12.0. The van der Waals surface area contributed by atoms with Crippen molar-refractivity contribution in [1.82, 2.24) is 10.2 Å². The highest BCUT2D eigenvalue weighted by Gasteiger charge is 2.18. The Hall–Kier alpha value is -3.35. The minimum Gasteiger partial charge on any atom is -0.496 e. The zero-order valence-corrected chi connectivity index (χ0v) is 13.8. The van der Waals surface area contributed by atoms with E-state index in [9.17, 15) is 14.7 Å². The van der Waals surface area contributed by atoms with Crippen molar-refractivity contribution in [2.75, 3.05) is 12.4 Å². The van der Waals surface area contributed by atoms with E-state index in [-0.39, 0.29) is 17.0 Å². The van der Waals surface area contributed by atoms with Gasteiger partial charge in [-0.05, 0) is 36.2 Å². The summed E-state index contributed by atoms with van der Waals surface area (Å²) in [6, 6.07) is 10.1. The van der Waals surface area contributed by atoms with Crippen molar-refractivity contribution >= 4 is 28.5 Å². The maximum atomic E-state index is 12.6. The molecule has 0 fully saturated rings. The molecular formula is C18H17N3O4. The number of fused-ring (bicyclic) bond motifs is 1. The van der Waals surface area contributed by atoms with E-state index < -0.39 is 11.9 Å². The number of aromatic carboxylic acids is 1. The van der Waals surface area contributed by atoms with Crippen LogP contribution in [0.2, 0.25) is 0 Å². The number of hydrogen-bond acceptors (Lipinski definition) is 4. The Kier molecular flexibility index (Phi) is 4.38. The number of nitrogens with one attached hydrogen (secondary N) is 2. The number of amides is 1. The molecule has 0 bridgehead atoms. The largest absolute Gasteiger partial charge is 0.496 e. The lowest BCUT2D eigenvalue weighted by Crippen LogP contribution is -2.14. The van der Waals surface area contributed by atoms with E-state index in [0.29, 0.717) is 5.69 Å². The van der Waals surface area contributed by atoms with Crippen LogP contribution >= 0.6 is 0 Å². The van der Waals surface area contributed by atoms with Crippen LogP contribution in [0.3, 0.4) is 0 Å². The van der Waals surface area contributed by atoms with Gasteiger partial charge in [-0.25, -0.2) is 4.79 Å². The number of rotatable bonds is 5. The first-order valence-electron chi connectivity index (χ1n) is 7.73. The molecular weight excluding hydrogens is 322 g/mol. The van der Waals surface area contributed by atoms with Crippen molar-refractivity contribution in [3.63, 3.8) is 0 Å². The van der Waals surface area contributed by atoms with Crippen LogP contribution in [0.5, 0.6) is 5.75 Å². The molecule has 0 atom stereocenters. The molecule has 0 aliphatic heterocycles. The Bertz CT molecular complexity index is 962. The molecule has 0 saturated heterocycles. The van der Waals surface area contributed by atoms with E-state index in [4.69, 9.17) is 4.74 Å². The van der Waals surface area contributed by atoms with Gasteiger partial charge in [-0.3, -0.25) is 9.89 Å². The number of anilines is 1. The van der Waals surface area contributed by atoms with Crippen LogP contribution in [0.15, 0.2) is 36.4 Å². The molecule has 0 unspecified atom stereocenters. The predicted octanol–water partition coefficient (Wildman–Crippen LogP) is 3.08. The Labute approximate surface area is 143 Å². The molecule has 3 N–H and O–H groups in total. The van der Waals surface area contributed by atoms with Crippen LogP contribution < -0.4 is 10.1 Å². The van der Waals surface area contributed by atoms with Crippen molar-refractivity contribution < 1.29 is 19.4 Å². The van der Waals surface area contributed by atoms with Gasteiger partial charge in [0.25, 0.3) is 5.91 Å². The van der Waals surface area contributed by atoms with Gasteiger partial charge in [0.15, 0.2) is 5.69 Å². The number of aryl methyl sites for hydroxylation is 1. The summed E-state index contributed by atoms with van der Waals surface area (Å²) in [6.07, 6.45) is 0.767. The molecule has 0 spiro atoms. The summed E-state index contributed by atoms with van der Waals surface area (Å²) in [5, 5.41) is 19.7. The van der Waals surface area contributed by atoms with Gasteiger partial charge in [0, 0.05) is 11.1 Å². The third kappa shape index (κ3) is 3.03. The summed E-state index contributed by atoms with van der Waals surface area (Å²) in [5.41, 5.74) is 2.40. The van der Waals surface area contributed by atoms with Crippen molar-refractivity contribution in [3.05, 3.63) is 53.2 Å². The molecule has 3 aromatic rings.